The number of carbonyl (C=O) groups excluding carboxylic acids is 1. The molecule has 0 saturated carbocycles. The molecule has 0 atom stereocenters. The Morgan fingerprint density at radius 1 is 1.32 bits per heavy atom. The van der Waals surface area contributed by atoms with E-state index in [1.54, 1.807) is 6.07 Å². The second kappa shape index (κ2) is 5.84. The van der Waals surface area contributed by atoms with Crippen molar-refractivity contribution in [1.82, 2.24) is 25.0 Å². The van der Waals surface area contributed by atoms with E-state index in [0.29, 0.717) is 5.89 Å². The number of aromatic nitrogens is 5. The molecule has 2 heterocycles. The van der Waals surface area contributed by atoms with Gasteiger partial charge in [-0.1, -0.05) is 23.3 Å². The molecule has 0 fully saturated rings. The fraction of sp³-hybridized carbons (Fsp3) is 0.0769. The zero-order chi connectivity index (χ0) is 15.4. The highest BCUT2D eigenvalue weighted by molar-refractivity contribution is 5.88. The lowest BCUT2D eigenvalue weighted by atomic mass is 10.2. The van der Waals surface area contributed by atoms with Gasteiger partial charge >= 0.3 is 6.01 Å². The van der Waals surface area contributed by atoms with Gasteiger partial charge in [-0.05, 0) is 12.1 Å². The van der Waals surface area contributed by atoms with E-state index in [9.17, 15) is 4.79 Å². The number of anilines is 1. The van der Waals surface area contributed by atoms with Gasteiger partial charge in [0, 0.05) is 5.56 Å². The minimum atomic E-state index is -0.419. The SMILES string of the molecule is N#Cc1ncn(CC(=O)Nc2nnc(-c3ccccc3)o2)n1. The average molecular weight is 295 g/mol. The van der Waals surface area contributed by atoms with Crippen molar-refractivity contribution in [3.8, 4) is 17.5 Å². The smallest absolute Gasteiger partial charge is 0.322 e. The Bertz CT molecular complexity index is 831. The number of nitriles is 1. The summed E-state index contributed by atoms with van der Waals surface area (Å²) in [5, 5.41) is 22.5. The maximum absolute atomic E-state index is 11.8. The highest BCUT2D eigenvalue weighted by atomic mass is 16.4. The summed E-state index contributed by atoms with van der Waals surface area (Å²) < 4.78 is 6.59. The second-order valence-electron chi connectivity index (χ2n) is 4.20. The van der Waals surface area contributed by atoms with Crippen LogP contribution in [0.5, 0.6) is 0 Å². The average Bonchev–Trinajstić information content (AvgIpc) is 3.17. The molecule has 0 saturated heterocycles. The van der Waals surface area contributed by atoms with Gasteiger partial charge < -0.3 is 4.42 Å². The quantitative estimate of drug-likeness (QED) is 0.756. The Balaban J connectivity index is 1.65. The molecule has 0 aliphatic rings. The second-order valence-corrected chi connectivity index (χ2v) is 4.20. The fourth-order valence-corrected chi connectivity index (χ4v) is 1.70. The van der Waals surface area contributed by atoms with Crippen LogP contribution in [-0.2, 0) is 11.3 Å². The van der Waals surface area contributed by atoms with Crippen LogP contribution in [0.4, 0.5) is 6.01 Å². The van der Waals surface area contributed by atoms with Crippen molar-refractivity contribution in [2.45, 2.75) is 6.54 Å². The largest absolute Gasteiger partial charge is 0.403 e. The molecular formula is C13H9N7O2. The Morgan fingerprint density at radius 2 is 2.14 bits per heavy atom. The predicted molar refractivity (Wildman–Crippen MR) is 73.1 cm³/mol. The van der Waals surface area contributed by atoms with E-state index in [0.717, 1.165) is 5.56 Å². The van der Waals surface area contributed by atoms with Crippen molar-refractivity contribution < 1.29 is 9.21 Å². The number of amides is 1. The van der Waals surface area contributed by atoms with Crippen LogP contribution < -0.4 is 5.32 Å². The normalized spacial score (nSPS) is 10.1. The highest BCUT2D eigenvalue weighted by Crippen LogP contribution is 2.18. The van der Waals surface area contributed by atoms with E-state index >= 15 is 0 Å². The lowest BCUT2D eigenvalue weighted by Gasteiger charge is -1.99. The summed E-state index contributed by atoms with van der Waals surface area (Å²) >= 11 is 0. The standard InChI is InChI=1S/C13H9N7O2/c14-6-10-15-8-20(19-10)7-11(21)16-13-18-17-12(22-13)9-4-2-1-3-5-9/h1-5,8H,7H2,(H,16,18,21). The molecule has 22 heavy (non-hydrogen) atoms. The molecule has 9 nitrogen and oxygen atoms in total. The molecule has 0 spiro atoms. The molecule has 0 unspecified atom stereocenters. The fourth-order valence-electron chi connectivity index (χ4n) is 1.70. The summed E-state index contributed by atoms with van der Waals surface area (Å²) in [5.41, 5.74) is 0.755. The zero-order valence-corrected chi connectivity index (χ0v) is 11.2. The molecule has 1 amide bonds. The molecule has 2 aromatic heterocycles. The van der Waals surface area contributed by atoms with Gasteiger partial charge in [0.15, 0.2) is 0 Å². The van der Waals surface area contributed by atoms with Gasteiger partial charge in [0.05, 0.1) is 0 Å². The molecule has 108 valence electrons. The summed E-state index contributed by atoms with van der Waals surface area (Å²) in [6, 6.07) is 11.0. The van der Waals surface area contributed by atoms with Crippen LogP contribution in [-0.4, -0.2) is 30.9 Å². The van der Waals surface area contributed by atoms with Crippen LogP contribution in [0.3, 0.4) is 0 Å². The number of nitrogens with one attached hydrogen (secondary N) is 1. The van der Waals surface area contributed by atoms with E-state index in [4.69, 9.17) is 9.68 Å². The minimum absolute atomic E-state index is 0.00282. The van der Waals surface area contributed by atoms with Gasteiger partial charge in [0.1, 0.15) is 18.9 Å². The van der Waals surface area contributed by atoms with Gasteiger partial charge in [-0.2, -0.15) is 5.26 Å². The van der Waals surface area contributed by atoms with Gasteiger partial charge in [-0.15, -0.1) is 10.2 Å². The third-order valence-electron chi connectivity index (χ3n) is 2.63. The van der Waals surface area contributed by atoms with Crippen LogP contribution >= 0.6 is 0 Å². The van der Waals surface area contributed by atoms with Crippen molar-refractivity contribution in [3.05, 3.63) is 42.5 Å². The van der Waals surface area contributed by atoms with E-state index in [1.807, 2.05) is 30.3 Å². The molecule has 1 N–H and O–H groups in total. The zero-order valence-electron chi connectivity index (χ0n) is 11.2. The van der Waals surface area contributed by atoms with Gasteiger partial charge in [0.2, 0.25) is 11.8 Å². The van der Waals surface area contributed by atoms with Crippen LogP contribution in [0.25, 0.3) is 11.5 Å². The van der Waals surface area contributed by atoms with Gasteiger partial charge in [-0.25, -0.2) is 9.67 Å². The molecule has 3 aromatic rings. The number of nitrogens with zero attached hydrogens (tertiary/aromatic N) is 6. The molecule has 1 aromatic carbocycles. The Hall–Kier alpha value is -3.54. The monoisotopic (exact) mass is 295 g/mol. The first kappa shape index (κ1) is 13.4. The minimum Gasteiger partial charge on any atom is -0.403 e. The van der Waals surface area contributed by atoms with Crippen LogP contribution in [0.2, 0.25) is 0 Å². The van der Waals surface area contributed by atoms with Gasteiger partial charge in [-0.3, -0.25) is 10.1 Å². The molecule has 0 bridgehead atoms. The summed E-state index contributed by atoms with van der Waals surface area (Å²) in [5.74, 6) is -0.113. The third-order valence-corrected chi connectivity index (χ3v) is 2.63. The van der Waals surface area contributed by atoms with Gasteiger partial charge in [0.25, 0.3) is 5.82 Å². The first-order valence-electron chi connectivity index (χ1n) is 6.23. The molecule has 0 aliphatic heterocycles. The topological polar surface area (TPSA) is 123 Å². The number of benzene rings is 1. The number of carbonyl (C=O) groups is 1. The lowest BCUT2D eigenvalue weighted by molar-refractivity contribution is -0.117. The van der Waals surface area contributed by atoms with Crippen molar-refractivity contribution >= 4 is 11.9 Å². The molecule has 9 heteroatoms. The molecular weight excluding hydrogens is 286 g/mol. The maximum atomic E-state index is 11.8. The number of hydrogen-bond acceptors (Lipinski definition) is 7. The van der Waals surface area contributed by atoms with E-state index in [-0.39, 0.29) is 18.4 Å². The maximum Gasteiger partial charge on any atom is 0.322 e. The summed E-state index contributed by atoms with van der Waals surface area (Å²) in [4.78, 5) is 15.5. The first-order chi connectivity index (χ1) is 10.7. The van der Waals surface area contributed by atoms with Crippen LogP contribution in [0.1, 0.15) is 5.82 Å². The van der Waals surface area contributed by atoms with E-state index < -0.39 is 5.91 Å². The predicted octanol–water partition coefficient (Wildman–Crippen LogP) is 0.838. The molecule has 0 aliphatic carbocycles. The van der Waals surface area contributed by atoms with Crippen molar-refractivity contribution in [3.63, 3.8) is 0 Å². The number of hydrogen-bond donors (Lipinski definition) is 1. The first-order valence-corrected chi connectivity index (χ1v) is 6.23. The van der Waals surface area contributed by atoms with E-state index in [1.165, 1.54) is 11.0 Å². The Labute approximate surface area is 124 Å². The van der Waals surface area contributed by atoms with Crippen LogP contribution in [0, 0.1) is 11.3 Å². The highest BCUT2D eigenvalue weighted by Gasteiger charge is 2.12. The summed E-state index contributed by atoms with van der Waals surface area (Å²) in [6.45, 7) is -0.113. The number of rotatable bonds is 4. The van der Waals surface area contributed by atoms with Crippen molar-refractivity contribution in [2.75, 3.05) is 5.32 Å². The van der Waals surface area contributed by atoms with Crippen LogP contribution in [0.15, 0.2) is 41.1 Å². The lowest BCUT2D eigenvalue weighted by Crippen LogP contribution is -2.19. The van der Waals surface area contributed by atoms with E-state index in [2.05, 4.69) is 25.6 Å². The molecule has 0 radical (unpaired) electrons. The summed E-state index contributed by atoms with van der Waals surface area (Å²) in [6.07, 6.45) is 1.29. The van der Waals surface area contributed by atoms with Crippen molar-refractivity contribution in [2.24, 2.45) is 0 Å². The molecule has 3 rings (SSSR count). The van der Waals surface area contributed by atoms with Crippen molar-refractivity contribution in [1.29, 1.82) is 5.26 Å². The third kappa shape index (κ3) is 2.96. The Morgan fingerprint density at radius 3 is 2.86 bits per heavy atom. The Kier molecular flexibility index (Phi) is 3.57. The summed E-state index contributed by atoms with van der Waals surface area (Å²) in [7, 11) is 0.